The van der Waals surface area contributed by atoms with Crippen molar-refractivity contribution in [2.24, 2.45) is 0 Å². The molecule has 2 aromatic rings. The van der Waals surface area contributed by atoms with Crippen molar-refractivity contribution in [1.82, 2.24) is 9.88 Å². The zero-order chi connectivity index (χ0) is 19.1. The van der Waals surface area contributed by atoms with Gasteiger partial charge in [0.15, 0.2) is 5.78 Å². The summed E-state index contributed by atoms with van der Waals surface area (Å²) < 4.78 is 5.34. The molecule has 0 bridgehead atoms. The minimum absolute atomic E-state index is 0.00655. The van der Waals surface area contributed by atoms with Gasteiger partial charge in [0.05, 0.1) is 24.5 Å². The molecule has 1 aromatic carbocycles. The highest BCUT2D eigenvalue weighted by Gasteiger charge is 2.11. The zero-order valence-corrected chi connectivity index (χ0v) is 15.4. The van der Waals surface area contributed by atoms with E-state index in [4.69, 9.17) is 4.74 Å². The number of aromatic nitrogens is 1. The summed E-state index contributed by atoms with van der Waals surface area (Å²) in [6.45, 7) is 6.67. The molecule has 1 amide bonds. The van der Waals surface area contributed by atoms with Crippen LogP contribution in [0.4, 0.5) is 11.4 Å². The average molecular weight is 368 g/mol. The van der Waals surface area contributed by atoms with E-state index in [1.54, 1.807) is 36.5 Å². The fourth-order valence-corrected chi connectivity index (χ4v) is 2.84. The third-order valence-corrected chi connectivity index (χ3v) is 4.41. The molecule has 0 spiro atoms. The Morgan fingerprint density at radius 1 is 1.07 bits per heavy atom. The van der Waals surface area contributed by atoms with E-state index in [0.717, 1.165) is 45.1 Å². The second-order valence-electron chi connectivity index (χ2n) is 6.43. The summed E-state index contributed by atoms with van der Waals surface area (Å²) in [6, 6.07) is 8.60. The van der Waals surface area contributed by atoms with Crippen molar-refractivity contribution in [2.45, 2.75) is 6.92 Å². The van der Waals surface area contributed by atoms with E-state index in [9.17, 15) is 9.59 Å². The van der Waals surface area contributed by atoms with E-state index < -0.39 is 0 Å². The fraction of sp³-hybridized carbons (Fsp3) is 0.350. The maximum Gasteiger partial charge on any atom is 0.257 e. The Morgan fingerprint density at radius 3 is 2.52 bits per heavy atom. The second kappa shape index (κ2) is 9.25. The van der Waals surface area contributed by atoms with Gasteiger partial charge in [0.1, 0.15) is 0 Å². The average Bonchev–Trinajstić information content (AvgIpc) is 2.69. The van der Waals surface area contributed by atoms with Gasteiger partial charge in [-0.1, -0.05) is 0 Å². The first-order chi connectivity index (χ1) is 13.1. The summed E-state index contributed by atoms with van der Waals surface area (Å²) in [5.41, 5.74) is 2.53. The van der Waals surface area contributed by atoms with E-state index in [2.05, 4.69) is 20.5 Å². The van der Waals surface area contributed by atoms with Crippen molar-refractivity contribution in [3.05, 3.63) is 53.9 Å². The molecule has 1 aliphatic rings. The summed E-state index contributed by atoms with van der Waals surface area (Å²) in [4.78, 5) is 30.2. The minimum atomic E-state index is -0.241. The molecule has 7 heteroatoms. The minimum Gasteiger partial charge on any atom is -0.382 e. The van der Waals surface area contributed by atoms with Crippen molar-refractivity contribution in [3.63, 3.8) is 0 Å². The third-order valence-electron chi connectivity index (χ3n) is 4.41. The molecule has 0 unspecified atom stereocenters. The topological polar surface area (TPSA) is 83.6 Å². The number of ether oxygens (including phenoxy) is 1. The molecule has 0 aliphatic carbocycles. The Morgan fingerprint density at radius 2 is 1.81 bits per heavy atom. The standard InChI is InChI=1S/C20H24N4O3/c1-15(25)16-2-4-18(5-3-16)23-20(26)17-12-19(14-21-13-17)22-6-7-24-8-10-27-11-9-24/h2-5,12-14,22H,6-11H2,1H3,(H,23,26). The summed E-state index contributed by atoms with van der Waals surface area (Å²) >= 11 is 0. The molecule has 0 radical (unpaired) electrons. The number of ketones is 1. The van der Waals surface area contributed by atoms with Crippen LogP contribution in [0.2, 0.25) is 0 Å². The second-order valence-corrected chi connectivity index (χ2v) is 6.43. The number of amides is 1. The van der Waals surface area contributed by atoms with E-state index in [1.807, 2.05) is 0 Å². The van der Waals surface area contributed by atoms with Gasteiger partial charge >= 0.3 is 0 Å². The Bertz CT molecular complexity index is 786. The summed E-state index contributed by atoms with van der Waals surface area (Å²) in [6.07, 6.45) is 3.24. The van der Waals surface area contributed by atoms with Gasteiger partial charge in [-0.15, -0.1) is 0 Å². The van der Waals surface area contributed by atoms with Crippen LogP contribution in [0.25, 0.3) is 0 Å². The number of nitrogens with zero attached hydrogens (tertiary/aromatic N) is 2. The van der Waals surface area contributed by atoms with Gasteiger partial charge in [0.25, 0.3) is 5.91 Å². The molecule has 1 fully saturated rings. The molecule has 2 N–H and O–H groups in total. The number of Topliss-reactive ketones (excluding diaryl/α,β-unsaturated/α-hetero) is 1. The quantitative estimate of drug-likeness (QED) is 0.730. The number of rotatable bonds is 7. The van der Waals surface area contributed by atoms with Crippen LogP contribution >= 0.6 is 0 Å². The van der Waals surface area contributed by atoms with Crippen molar-refractivity contribution >= 4 is 23.1 Å². The maximum absolute atomic E-state index is 12.4. The first kappa shape index (κ1) is 19.0. The predicted octanol–water partition coefficient (Wildman–Crippen LogP) is 2.28. The predicted molar refractivity (Wildman–Crippen MR) is 104 cm³/mol. The summed E-state index contributed by atoms with van der Waals surface area (Å²) in [5, 5.41) is 6.13. The van der Waals surface area contributed by atoms with Crippen LogP contribution in [0.15, 0.2) is 42.7 Å². The van der Waals surface area contributed by atoms with Crippen LogP contribution in [0.3, 0.4) is 0 Å². The summed E-state index contributed by atoms with van der Waals surface area (Å²) in [7, 11) is 0. The van der Waals surface area contributed by atoms with Crippen molar-refractivity contribution in [1.29, 1.82) is 0 Å². The molecule has 0 saturated carbocycles. The van der Waals surface area contributed by atoms with Gasteiger partial charge in [-0.3, -0.25) is 19.5 Å². The van der Waals surface area contributed by atoms with Gasteiger partial charge in [0, 0.05) is 49.8 Å². The molecular formula is C20H24N4O3. The molecule has 142 valence electrons. The number of benzene rings is 1. The normalized spacial score (nSPS) is 14.6. The number of carbonyl (C=O) groups excluding carboxylic acids is 2. The largest absolute Gasteiger partial charge is 0.382 e. The highest BCUT2D eigenvalue weighted by Crippen LogP contribution is 2.14. The Balaban J connectivity index is 1.54. The lowest BCUT2D eigenvalue weighted by Gasteiger charge is -2.26. The van der Waals surface area contributed by atoms with Gasteiger partial charge in [-0.05, 0) is 37.3 Å². The molecule has 1 saturated heterocycles. The third kappa shape index (κ3) is 5.60. The number of hydrogen-bond donors (Lipinski definition) is 2. The number of carbonyl (C=O) groups is 2. The van der Waals surface area contributed by atoms with Crippen molar-refractivity contribution in [3.8, 4) is 0 Å². The smallest absolute Gasteiger partial charge is 0.257 e. The molecule has 1 aromatic heterocycles. The molecule has 1 aliphatic heterocycles. The van der Waals surface area contributed by atoms with E-state index in [1.165, 1.54) is 13.1 Å². The molecule has 7 nitrogen and oxygen atoms in total. The zero-order valence-electron chi connectivity index (χ0n) is 15.4. The number of nitrogens with one attached hydrogen (secondary N) is 2. The van der Waals surface area contributed by atoms with Crippen molar-refractivity contribution in [2.75, 3.05) is 50.0 Å². The Hall–Kier alpha value is -2.77. The molecule has 2 heterocycles. The Labute approximate surface area is 158 Å². The Kier molecular flexibility index (Phi) is 6.51. The molecule has 0 atom stereocenters. The van der Waals surface area contributed by atoms with Crippen LogP contribution < -0.4 is 10.6 Å². The lowest BCUT2D eigenvalue weighted by atomic mass is 10.1. The first-order valence-electron chi connectivity index (χ1n) is 9.03. The number of hydrogen-bond acceptors (Lipinski definition) is 6. The van der Waals surface area contributed by atoms with Gasteiger partial charge in [0.2, 0.25) is 0 Å². The lowest BCUT2D eigenvalue weighted by molar-refractivity contribution is 0.0398. The number of anilines is 2. The van der Waals surface area contributed by atoms with Crippen LogP contribution in [-0.4, -0.2) is 61.0 Å². The fourth-order valence-electron chi connectivity index (χ4n) is 2.84. The van der Waals surface area contributed by atoms with Crippen LogP contribution in [-0.2, 0) is 4.74 Å². The van der Waals surface area contributed by atoms with Crippen molar-refractivity contribution < 1.29 is 14.3 Å². The molecule has 27 heavy (non-hydrogen) atoms. The molecule has 3 rings (SSSR count). The van der Waals surface area contributed by atoms with Crippen LogP contribution in [0, 0.1) is 0 Å². The SMILES string of the molecule is CC(=O)c1ccc(NC(=O)c2cncc(NCCN3CCOCC3)c2)cc1. The van der Waals surface area contributed by atoms with Gasteiger partial charge < -0.3 is 15.4 Å². The maximum atomic E-state index is 12.4. The van der Waals surface area contributed by atoms with E-state index in [0.29, 0.717) is 16.8 Å². The van der Waals surface area contributed by atoms with E-state index >= 15 is 0 Å². The highest BCUT2D eigenvalue weighted by atomic mass is 16.5. The number of pyridine rings is 1. The monoisotopic (exact) mass is 368 g/mol. The summed E-state index contributed by atoms with van der Waals surface area (Å²) in [5.74, 6) is -0.247. The van der Waals surface area contributed by atoms with Gasteiger partial charge in [-0.25, -0.2) is 0 Å². The number of morpholine rings is 1. The molecular weight excluding hydrogens is 344 g/mol. The lowest BCUT2D eigenvalue weighted by Crippen LogP contribution is -2.39. The highest BCUT2D eigenvalue weighted by molar-refractivity contribution is 6.04. The van der Waals surface area contributed by atoms with E-state index in [-0.39, 0.29) is 11.7 Å². The van der Waals surface area contributed by atoms with Crippen LogP contribution in [0.1, 0.15) is 27.6 Å². The first-order valence-corrected chi connectivity index (χ1v) is 9.03. The van der Waals surface area contributed by atoms with Crippen LogP contribution in [0.5, 0.6) is 0 Å². The van der Waals surface area contributed by atoms with Gasteiger partial charge in [-0.2, -0.15) is 0 Å².